The van der Waals surface area contributed by atoms with E-state index in [0.29, 0.717) is 10.7 Å². The molecule has 20 heavy (non-hydrogen) atoms. The predicted octanol–water partition coefficient (Wildman–Crippen LogP) is 1.68. The first-order valence-electron chi connectivity index (χ1n) is 6.67. The van der Waals surface area contributed by atoms with Crippen molar-refractivity contribution in [2.24, 2.45) is 0 Å². The number of imidazole rings is 1. The zero-order chi connectivity index (χ0) is 14.1. The van der Waals surface area contributed by atoms with Gasteiger partial charge in [-0.15, -0.1) is 0 Å². The van der Waals surface area contributed by atoms with E-state index >= 15 is 0 Å². The molecule has 0 unspecified atom stereocenters. The van der Waals surface area contributed by atoms with Gasteiger partial charge in [-0.3, -0.25) is 9.47 Å². The molecule has 1 aliphatic heterocycles. The Morgan fingerprint density at radius 3 is 2.95 bits per heavy atom. The summed E-state index contributed by atoms with van der Waals surface area (Å²) in [6, 6.07) is 1.85. The van der Waals surface area contributed by atoms with Gasteiger partial charge in [0.25, 0.3) is 6.01 Å². The highest BCUT2D eigenvalue weighted by atomic mass is 35.5. The molecule has 2 aromatic rings. The molecule has 6 nitrogen and oxygen atoms in total. The van der Waals surface area contributed by atoms with Gasteiger partial charge in [0.2, 0.25) is 0 Å². The number of hydrogen-bond donors (Lipinski definition) is 1. The lowest BCUT2D eigenvalue weighted by Gasteiger charge is -2.29. The van der Waals surface area contributed by atoms with Gasteiger partial charge in [-0.25, -0.2) is 4.98 Å². The number of pyridine rings is 1. The summed E-state index contributed by atoms with van der Waals surface area (Å²) >= 11 is 5.98. The third kappa shape index (κ3) is 2.59. The SMILES string of the molecule is C[C@@H](CN1CCOCC1)n1c(O)nc2ncc(Cl)cc21. The number of ether oxygens (including phenoxy) is 1. The van der Waals surface area contributed by atoms with Gasteiger partial charge in [0, 0.05) is 31.9 Å². The van der Waals surface area contributed by atoms with Crippen molar-refractivity contribution in [1.29, 1.82) is 0 Å². The van der Waals surface area contributed by atoms with E-state index in [9.17, 15) is 5.11 Å². The van der Waals surface area contributed by atoms with E-state index in [1.807, 2.05) is 0 Å². The molecular weight excluding hydrogens is 280 g/mol. The minimum absolute atomic E-state index is 0.0180. The average Bonchev–Trinajstić information content (AvgIpc) is 2.75. The summed E-state index contributed by atoms with van der Waals surface area (Å²) in [5.41, 5.74) is 1.27. The number of halogens is 1. The zero-order valence-corrected chi connectivity index (χ0v) is 12.0. The van der Waals surface area contributed by atoms with Gasteiger partial charge in [-0.1, -0.05) is 11.6 Å². The van der Waals surface area contributed by atoms with Gasteiger partial charge in [0.05, 0.1) is 23.8 Å². The first-order chi connectivity index (χ1) is 9.65. The minimum atomic E-state index is -0.0180. The van der Waals surface area contributed by atoms with Crippen LogP contribution in [0.2, 0.25) is 5.02 Å². The van der Waals surface area contributed by atoms with E-state index in [0.717, 1.165) is 38.4 Å². The van der Waals surface area contributed by atoms with Gasteiger partial charge in [0.1, 0.15) is 0 Å². The van der Waals surface area contributed by atoms with Crippen molar-refractivity contribution in [2.75, 3.05) is 32.8 Å². The normalized spacial score (nSPS) is 18.5. The first kappa shape index (κ1) is 13.6. The topological polar surface area (TPSA) is 63.4 Å². The maximum Gasteiger partial charge on any atom is 0.296 e. The number of nitrogens with zero attached hydrogens (tertiary/aromatic N) is 4. The molecule has 7 heteroatoms. The van der Waals surface area contributed by atoms with Crippen molar-refractivity contribution in [2.45, 2.75) is 13.0 Å². The molecule has 3 rings (SSSR count). The fourth-order valence-corrected chi connectivity index (χ4v) is 2.77. The Hall–Kier alpha value is -1.37. The van der Waals surface area contributed by atoms with Crippen LogP contribution in [0.1, 0.15) is 13.0 Å². The quantitative estimate of drug-likeness (QED) is 0.934. The summed E-state index contributed by atoms with van der Waals surface area (Å²) in [7, 11) is 0. The van der Waals surface area contributed by atoms with Crippen LogP contribution in [0, 0.1) is 0 Å². The summed E-state index contributed by atoms with van der Waals surface area (Å²) in [5, 5.41) is 10.6. The standard InChI is InChI=1S/C13H17ClN4O2/c1-9(8-17-2-4-20-5-3-17)18-11-6-10(14)7-15-12(11)16-13(18)19/h6-7,9H,2-5,8H2,1H3,(H,15,16,19)/t9-/m0/s1. The molecule has 0 aromatic carbocycles. The summed E-state index contributed by atoms with van der Waals surface area (Å²) in [4.78, 5) is 10.5. The van der Waals surface area contributed by atoms with Gasteiger partial charge in [-0.05, 0) is 13.0 Å². The van der Waals surface area contributed by atoms with Crippen molar-refractivity contribution in [3.63, 3.8) is 0 Å². The lowest BCUT2D eigenvalue weighted by Crippen LogP contribution is -2.39. The van der Waals surface area contributed by atoms with Crippen LogP contribution in [0.25, 0.3) is 11.2 Å². The molecule has 2 aromatic heterocycles. The third-order valence-electron chi connectivity index (χ3n) is 3.56. The van der Waals surface area contributed by atoms with Crippen molar-refractivity contribution >= 4 is 22.8 Å². The van der Waals surface area contributed by atoms with E-state index < -0.39 is 0 Å². The fourth-order valence-electron chi connectivity index (χ4n) is 2.61. The van der Waals surface area contributed by atoms with Crippen molar-refractivity contribution < 1.29 is 9.84 Å². The minimum Gasteiger partial charge on any atom is -0.480 e. The Morgan fingerprint density at radius 2 is 2.20 bits per heavy atom. The summed E-state index contributed by atoms with van der Waals surface area (Å²) in [6.45, 7) is 6.23. The van der Waals surface area contributed by atoms with Crippen LogP contribution in [0.5, 0.6) is 6.01 Å². The van der Waals surface area contributed by atoms with Crippen LogP contribution in [0.4, 0.5) is 0 Å². The van der Waals surface area contributed by atoms with Crippen LogP contribution in [-0.2, 0) is 4.74 Å². The van der Waals surface area contributed by atoms with Crippen LogP contribution < -0.4 is 0 Å². The summed E-state index contributed by atoms with van der Waals surface area (Å²) in [6.07, 6.45) is 1.54. The first-order valence-corrected chi connectivity index (χ1v) is 7.05. The number of aromatic hydroxyl groups is 1. The van der Waals surface area contributed by atoms with E-state index in [4.69, 9.17) is 16.3 Å². The molecule has 0 radical (unpaired) electrons. The lowest BCUT2D eigenvalue weighted by molar-refractivity contribution is 0.0324. The van der Waals surface area contributed by atoms with Crippen molar-refractivity contribution in [3.05, 3.63) is 17.3 Å². The maximum absolute atomic E-state index is 10.1. The Kier molecular flexibility index (Phi) is 3.78. The molecule has 0 amide bonds. The Labute approximate surface area is 121 Å². The number of hydrogen-bond acceptors (Lipinski definition) is 5. The molecule has 3 heterocycles. The molecule has 108 valence electrons. The van der Waals surface area contributed by atoms with Crippen LogP contribution >= 0.6 is 11.6 Å². The van der Waals surface area contributed by atoms with Gasteiger partial charge < -0.3 is 9.84 Å². The van der Waals surface area contributed by atoms with Crippen molar-refractivity contribution in [3.8, 4) is 6.01 Å². The predicted molar refractivity (Wildman–Crippen MR) is 76.2 cm³/mol. The number of fused-ring (bicyclic) bond motifs is 1. The van der Waals surface area contributed by atoms with Crippen LogP contribution in [0.3, 0.4) is 0 Å². The van der Waals surface area contributed by atoms with Gasteiger partial charge in [-0.2, -0.15) is 4.98 Å². The van der Waals surface area contributed by atoms with Crippen LogP contribution in [-0.4, -0.2) is 57.4 Å². The molecule has 1 fully saturated rings. The highest BCUT2D eigenvalue weighted by Gasteiger charge is 2.20. The second-order valence-electron chi connectivity index (χ2n) is 5.04. The molecule has 0 aliphatic carbocycles. The van der Waals surface area contributed by atoms with E-state index in [1.165, 1.54) is 6.20 Å². The number of aromatic nitrogens is 3. The molecule has 1 aliphatic rings. The molecule has 0 bridgehead atoms. The molecule has 0 saturated carbocycles. The average molecular weight is 297 g/mol. The molecule has 1 N–H and O–H groups in total. The monoisotopic (exact) mass is 296 g/mol. The zero-order valence-electron chi connectivity index (χ0n) is 11.3. The molecule has 1 atom stereocenters. The highest BCUT2D eigenvalue weighted by Crippen LogP contribution is 2.26. The van der Waals surface area contributed by atoms with E-state index in [1.54, 1.807) is 10.6 Å². The molecule has 1 saturated heterocycles. The molecule has 0 spiro atoms. The Balaban J connectivity index is 1.88. The third-order valence-corrected chi connectivity index (χ3v) is 3.77. The fraction of sp³-hybridized carbons (Fsp3) is 0.538. The summed E-state index contributed by atoms with van der Waals surface area (Å²) < 4.78 is 7.13. The van der Waals surface area contributed by atoms with Gasteiger partial charge in [0.15, 0.2) is 5.65 Å². The van der Waals surface area contributed by atoms with E-state index in [-0.39, 0.29) is 12.1 Å². The summed E-state index contributed by atoms with van der Waals surface area (Å²) in [5.74, 6) is 0. The second kappa shape index (κ2) is 5.55. The lowest BCUT2D eigenvalue weighted by atomic mass is 10.2. The van der Waals surface area contributed by atoms with Gasteiger partial charge >= 0.3 is 0 Å². The number of morpholine rings is 1. The maximum atomic E-state index is 10.1. The smallest absolute Gasteiger partial charge is 0.296 e. The van der Waals surface area contributed by atoms with Crippen molar-refractivity contribution in [1.82, 2.24) is 19.4 Å². The highest BCUT2D eigenvalue weighted by molar-refractivity contribution is 6.31. The molecular formula is C13H17ClN4O2. The van der Waals surface area contributed by atoms with E-state index in [2.05, 4.69) is 21.8 Å². The van der Waals surface area contributed by atoms with Crippen LogP contribution in [0.15, 0.2) is 12.3 Å². The second-order valence-corrected chi connectivity index (χ2v) is 5.48. The Morgan fingerprint density at radius 1 is 1.45 bits per heavy atom. The Bertz CT molecular complexity index is 610. The number of rotatable bonds is 3. The largest absolute Gasteiger partial charge is 0.480 e.